The smallest absolute Gasteiger partial charge is 0.330 e. The zero-order chi connectivity index (χ0) is 37.5. The molecule has 10 N–H and O–H groups in total. The molecule has 0 bridgehead atoms. The van der Waals surface area contributed by atoms with Gasteiger partial charge in [0.2, 0.25) is 0 Å². The maximum Gasteiger partial charge on any atom is 0.330 e. The minimum absolute atomic E-state index is 0.176. The second kappa shape index (κ2) is 34.3. The van der Waals surface area contributed by atoms with Gasteiger partial charge in [0, 0.05) is 33.4 Å². The molecule has 0 aliphatic rings. The van der Waals surface area contributed by atoms with Crippen LogP contribution in [0.2, 0.25) is 0 Å². The summed E-state index contributed by atoms with van der Waals surface area (Å²) in [6.45, 7) is 26.6. The SMILES string of the molecule is C=C(C)C(=O)O.C=C(C)C(=O)O.C=C(C)C(=O)O.C=C(C)C(=O)O.C=C(C)C(=O)O.C=C(C)C(=O)O.OC[C@@H](O)[C@@H](O)CO. The maximum absolute atomic E-state index is 9.60. The van der Waals surface area contributed by atoms with E-state index in [0.29, 0.717) is 0 Å². The van der Waals surface area contributed by atoms with Gasteiger partial charge in [-0.25, -0.2) is 28.8 Å². The van der Waals surface area contributed by atoms with Crippen LogP contribution in [0.3, 0.4) is 0 Å². The van der Waals surface area contributed by atoms with Gasteiger partial charge in [-0.1, -0.05) is 39.5 Å². The Morgan fingerprint density at radius 3 is 0.477 bits per heavy atom. The first-order chi connectivity index (χ1) is 19.6. The third-order valence-corrected chi connectivity index (χ3v) is 3.01. The second-order valence-electron chi connectivity index (χ2n) is 8.01. The lowest BCUT2D eigenvalue weighted by molar-refractivity contribution is -0.133. The number of aliphatic carboxylic acids is 6. The first-order valence-corrected chi connectivity index (χ1v) is 11.5. The lowest BCUT2D eigenvalue weighted by atomic mass is 10.2. The number of hydrogen-bond donors (Lipinski definition) is 10. The summed E-state index contributed by atoms with van der Waals surface area (Å²) in [4.78, 5) is 57.6. The normalized spacial score (nSPS) is 9.41. The van der Waals surface area contributed by atoms with E-state index in [1.54, 1.807) is 0 Å². The van der Waals surface area contributed by atoms with Crippen LogP contribution in [0.25, 0.3) is 0 Å². The predicted molar refractivity (Wildman–Crippen MR) is 161 cm³/mol. The van der Waals surface area contributed by atoms with Crippen LogP contribution in [0.15, 0.2) is 72.9 Å². The fourth-order valence-electron chi connectivity index (χ4n) is 0.243. The molecule has 0 saturated heterocycles. The topological polar surface area (TPSA) is 305 Å². The van der Waals surface area contributed by atoms with E-state index in [1.807, 2.05) is 0 Å². The molecular formula is C28H46O16. The summed E-state index contributed by atoms with van der Waals surface area (Å²) in [5.74, 6) is -5.61. The van der Waals surface area contributed by atoms with E-state index >= 15 is 0 Å². The summed E-state index contributed by atoms with van der Waals surface area (Å²) in [5, 5.41) is 80.5. The molecule has 16 heteroatoms. The fourth-order valence-corrected chi connectivity index (χ4v) is 0.243. The number of carboxylic acid groups (broad SMARTS) is 6. The van der Waals surface area contributed by atoms with Crippen LogP contribution in [0.4, 0.5) is 0 Å². The fraction of sp³-hybridized carbons (Fsp3) is 0.357. The summed E-state index contributed by atoms with van der Waals surface area (Å²) in [6.07, 6.45) is -2.44. The molecule has 0 radical (unpaired) electrons. The lowest BCUT2D eigenvalue weighted by Gasteiger charge is -2.10. The quantitative estimate of drug-likeness (QED) is 0.160. The van der Waals surface area contributed by atoms with Crippen LogP contribution in [0.5, 0.6) is 0 Å². The highest BCUT2D eigenvalue weighted by Gasteiger charge is 2.12. The predicted octanol–water partition coefficient (Wildman–Crippen LogP) is 1.58. The number of rotatable bonds is 9. The van der Waals surface area contributed by atoms with Crippen molar-refractivity contribution in [3.63, 3.8) is 0 Å². The Bertz CT molecular complexity index is 739. The van der Waals surface area contributed by atoms with Gasteiger partial charge in [-0.2, -0.15) is 0 Å². The molecule has 0 rings (SSSR count). The third kappa shape index (κ3) is 65.8. The van der Waals surface area contributed by atoms with E-state index < -0.39 is 61.2 Å². The third-order valence-electron chi connectivity index (χ3n) is 3.01. The molecule has 0 aromatic rings. The van der Waals surface area contributed by atoms with Crippen molar-refractivity contribution in [3.8, 4) is 0 Å². The molecular weight excluding hydrogens is 592 g/mol. The molecule has 0 amide bonds. The van der Waals surface area contributed by atoms with Crippen molar-refractivity contribution in [2.45, 2.75) is 53.8 Å². The summed E-state index contributed by atoms with van der Waals surface area (Å²) in [5.41, 5.74) is 1.06. The Balaban J connectivity index is -0.0000000728. The van der Waals surface area contributed by atoms with Gasteiger partial charge in [0.25, 0.3) is 0 Å². The van der Waals surface area contributed by atoms with Crippen LogP contribution >= 0.6 is 0 Å². The summed E-state index contributed by atoms with van der Waals surface area (Å²) in [7, 11) is 0. The van der Waals surface area contributed by atoms with Gasteiger partial charge in [0.05, 0.1) is 13.2 Å². The average molecular weight is 639 g/mol. The molecule has 2 atom stereocenters. The number of hydrogen-bond acceptors (Lipinski definition) is 10. The summed E-state index contributed by atoms with van der Waals surface area (Å²) >= 11 is 0. The zero-order valence-corrected chi connectivity index (χ0v) is 25.7. The van der Waals surface area contributed by atoms with Crippen molar-refractivity contribution in [2.24, 2.45) is 0 Å². The van der Waals surface area contributed by atoms with E-state index in [-0.39, 0.29) is 33.4 Å². The van der Waals surface area contributed by atoms with Crippen LogP contribution in [-0.4, -0.2) is 112 Å². The molecule has 254 valence electrons. The number of carbonyl (C=O) groups is 6. The standard InChI is InChI=1S/C4H10O4.6C4H6O2/c5-1-3(7)4(8)2-6;6*1-3(2)4(5)6/h3-8H,1-2H2;6*1H2,2H3,(H,5,6)/t3-,4+;;;;;;. The molecule has 0 aromatic heterocycles. The van der Waals surface area contributed by atoms with Gasteiger partial charge in [0.1, 0.15) is 12.2 Å². The van der Waals surface area contributed by atoms with Gasteiger partial charge in [0.15, 0.2) is 0 Å². The lowest BCUT2D eigenvalue weighted by Crippen LogP contribution is -2.31. The van der Waals surface area contributed by atoms with Crippen molar-refractivity contribution in [2.75, 3.05) is 13.2 Å². The van der Waals surface area contributed by atoms with Crippen LogP contribution in [-0.2, 0) is 28.8 Å². The highest BCUT2D eigenvalue weighted by atomic mass is 16.4. The Hall–Kier alpha value is -4.90. The number of aliphatic hydroxyl groups excluding tert-OH is 4. The molecule has 0 fully saturated rings. The Morgan fingerprint density at radius 2 is 0.455 bits per heavy atom. The Kier molecular flexibility index (Phi) is 42.9. The van der Waals surface area contributed by atoms with Crippen molar-refractivity contribution < 1.29 is 79.8 Å². The van der Waals surface area contributed by atoms with E-state index in [9.17, 15) is 28.8 Å². The van der Waals surface area contributed by atoms with Crippen LogP contribution < -0.4 is 0 Å². The van der Waals surface area contributed by atoms with Gasteiger partial charge in [-0.05, 0) is 41.5 Å². The first-order valence-electron chi connectivity index (χ1n) is 11.5. The summed E-state index contributed by atoms with van der Waals surface area (Å²) in [6, 6.07) is 0. The first kappa shape index (κ1) is 55.1. The van der Waals surface area contributed by atoms with Gasteiger partial charge in [-0.15, -0.1) is 0 Å². The van der Waals surface area contributed by atoms with Crippen LogP contribution in [0.1, 0.15) is 41.5 Å². The van der Waals surface area contributed by atoms with Crippen LogP contribution in [0, 0.1) is 0 Å². The van der Waals surface area contributed by atoms with E-state index in [0.717, 1.165) is 0 Å². The molecule has 0 saturated carbocycles. The molecule has 0 aromatic carbocycles. The molecule has 0 aliphatic carbocycles. The monoisotopic (exact) mass is 638 g/mol. The zero-order valence-electron chi connectivity index (χ0n) is 25.7. The van der Waals surface area contributed by atoms with Gasteiger partial charge < -0.3 is 51.1 Å². The van der Waals surface area contributed by atoms with Crippen molar-refractivity contribution in [1.82, 2.24) is 0 Å². The highest BCUT2D eigenvalue weighted by molar-refractivity contribution is 5.86. The Morgan fingerprint density at radius 1 is 0.386 bits per heavy atom. The number of carboxylic acids is 6. The van der Waals surface area contributed by atoms with Gasteiger partial charge >= 0.3 is 35.8 Å². The number of aliphatic hydroxyl groups is 4. The van der Waals surface area contributed by atoms with Crippen molar-refractivity contribution >= 4 is 35.8 Å². The molecule has 0 aliphatic heterocycles. The average Bonchev–Trinajstić information content (AvgIpc) is 2.89. The molecule has 16 nitrogen and oxygen atoms in total. The minimum atomic E-state index is -1.22. The maximum atomic E-state index is 9.60. The van der Waals surface area contributed by atoms with Crippen molar-refractivity contribution in [1.29, 1.82) is 0 Å². The molecule has 0 unspecified atom stereocenters. The largest absolute Gasteiger partial charge is 0.478 e. The summed E-state index contributed by atoms with van der Waals surface area (Å²) < 4.78 is 0. The van der Waals surface area contributed by atoms with E-state index in [1.165, 1.54) is 41.5 Å². The molecule has 0 heterocycles. The molecule has 44 heavy (non-hydrogen) atoms. The van der Waals surface area contributed by atoms with Gasteiger partial charge in [-0.3, -0.25) is 0 Å². The molecule has 0 spiro atoms. The highest BCUT2D eigenvalue weighted by Crippen LogP contribution is 1.88. The van der Waals surface area contributed by atoms with Crippen molar-refractivity contribution in [3.05, 3.63) is 72.9 Å². The Labute approximate surface area is 255 Å². The van der Waals surface area contributed by atoms with E-state index in [2.05, 4.69) is 39.5 Å². The minimum Gasteiger partial charge on any atom is -0.478 e. The second-order valence-corrected chi connectivity index (χ2v) is 8.01. The van der Waals surface area contributed by atoms with E-state index in [4.69, 9.17) is 51.1 Å².